The molecule has 0 radical (unpaired) electrons. The molecular weight excluding hydrogens is 320 g/mol. The Balaban J connectivity index is 1.49. The summed E-state index contributed by atoms with van der Waals surface area (Å²) in [6.45, 7) is 8.74. The fourth-order valence-corrected chi connectivity index (χ4v) is 3.95. The Morgan fingerprint density at radius 2 is 1.72 bits per heavy atom. The van der Waals surface area contributed by atoms with Crippen LogP contribution in [0.5, 0.6) is 0 Å². The summed E-state index contributed by atoms with van der Waals surface area (Å²) < 4.78 is 0. The van der Waals surface area contributed by atoms with Crippen LogP contribution in [0.15, 0.2) is 83.1 Å². The van der Waals surface area contributed by atoms with Crippen molar-refractivity contribution in [2.24, 2.45) is 0 Å². The van der Waals surface area contributed by atoms with E-state index in [1.807, 2.05) is 11.8 Å². The molecule has 0 unspecified atom stereocenters. The van der Waals surface area contributed by atoms with E-state index in [9.17, 15) is 0 Å². The van der Waals surface area contributed by atoms with Crippen molar-refractivity contribution in [1.29, 1.82) is 0 Å². The van der Waals surface area contributed by atoms with E-state index >= 15 is 0 Å². The fraction of sp³-hybridized carbons (Fsp3) is 0.250. The van der Waals surface area contributed by atoms with Crippen molar-refractivity contribution in [1.82, 2.24) is 0 Å². The number of thioether (sulfide) groups is 1. The average molecular weight is 347 g/mol. The zero-order chi connectivity index (χ0) is 17.6. The Bertz CT molecular complexity index is 777. The van der Waals surface area contributed by atoms with Crippen LogP contribution in [0.3, 0.4) is 0 Å². The molecule has 0 N–H and O–H groups in total. The Labute approximate surface area is 156 Å². The molecule has 1 aliphatic rings. The molecule has 2 aromatic rings. The highest BCUT2D eigenvalue weighted by Gasteiger charge is 2.12. The van der Waals surface area contributed by atoms with Gasteiger partial charge in [0.2, 0.25) is 0 Å². The Hall–Kier alpha value is -1.99. The number of allylic oxidation sites excluding steroid dienone is 5. The summed E-state index contributed by atoms with van der Waals surface area (Å²) in [7, 11) is 0. The van der Waals surface area contributed by atoms with Crippen LogP contribution < -0.4 is 0 Å². The molecule has 0 nitrogen and oxygen atoms in total. The van der Waals surface area contributed by atoms with Gasteiger partial charge in [0, 0.05) is 6.42 Å². The van der Waals surface area contributed by atoms with Crippen molar-refractivity contribution < 1.29 is 0 Å². The van der Waals surface area contributed by atoms with E-state index in [0.717, 1.165) is 19.3 Å². The summed E-state index contributed by atoms with van der Waals surface area (Å²) in [5.41, 5.74) is 5.53. The minimum Gasteiger partial charge on any atom is -0.0993 e. The number of rotatable bonds is 7. The first-order valence-corrected chi connectivity index (χ1v) is 9.83. The van der Waals surface area contributed by atoms with Crippen molar-refractivity contribution >= 4 is 17.3 Å². The Morgan fingerprint density at radius 1 is 1.00 bits per heavy atom. The Kier molecular flexibility index (Phi) is 5.99. The van der Waals surface area contributed by atoms with E-state index < -0.39 is 0 Å². The summed E-state index contributed by atoms with van der Waals surface area (Å²) in [4.78, 5) is 2.65. The van der Waals surface area contributed by atoms with Gasteiger partial charge in [-0.15, -0.1) is 0 Å². The third-order valence-electron chi connectivity index (χ3n) is 4.59. The van der Waals surface area contributed by atoms with Crippen LogP contribution in [0, 0.1) is 0 Å². The van der Waals surface area contributed by atoms with E-state index in [1.54, 1.807) is 0 Å². The molecule has 0 saturated carbocycles. The predicted molar refractivity (Wildman–Crippen MR) is 113 cm³/mol. The van der Waals surface area contributed by atoms with Gasteiger partial charge in [0.1, 0.15) is 0 Å². The van der Waals surface area contributed by atoms with Crippen LogP contribution in [-0.2, 0) is 6.42 Å². The van der Waals surface area contributed by atoms with E-state index in [4.69, 9.17) is 0 Å². The molecule has 1 aliphatic carbocycles. The lowest BCUT2D eigenvalue weighted by molar-refractivity contribution is 0.866. The number of aryl methyl sites for hydroxylation is 1. The molecule has 0 atom stereocenters. The van der Waals surface area contributed by atoms with Gasteiger partial charge in [0.15, 0.2) is 0 Å². The van der Waals surface area contributed by atoms with Crippen LogP contribution >= 0.6 is 11.8 Å². The van der Waals surface area contributed by atoms with Crippen molar-refractivity contribution in [3.05, 3.63) is 99.8 Å². The van der Waals surface area contributed by atoms with E-state index in [0.29, 0.717) is 5.92 Å². The molecule has 0 amide bonds. The van der Waals surface area contributed by atoms with Crippen LogP contribution in [0.2, 0.25) is 0 Å². The summed E-state index contributed by atoms with van der Waals surface area (Å²) in [5.74, 6) is 0.587. The van der Waals surface area contributed by atoms with Gasteiger partial charge in [-0.25, -0.2) is 0 Å². The minimum absolute atomic E-state index is 0.587. The monoisotopic (exact) mass is 346 g/mol. The van der Waals surface area contributed by atoms with Gasteiger partial charge < -0.3 is 0 Å². The molecule has 0 aromatic heterocycles. The maximum absolute atomic E-state index is 4.26. The second-order valence-corrected chi connectivity index (χ2v) is 8.21. The van der Waals surface area contributed by atoms with Crippen molar-refractivity contribution in [3.63, 3.8) is 0 Å². The number of hydrogen-bond donors (Lipinski definition) is 0. The fourth-order valence-electron chi connectivity index (χ4n) is 3.01. The predicted octanol–water partition coefficient (Wildman–Crippen LogP) is 7.36. The third-order valence-corrected chi connectivity index (χ3v) is 5.63. The van der Waals surface area contributed by atoms with Crippen molar-refractivity contribution in [3.8, 4) is 0 Å². The summed E-state index contributed by atoms with van der Waals surface area (Å²) in [6.07, 6.45) is 7.64. The molecule has 25 heavy (non-hydrogen) atoms. The molecule has 0 saturated heterocycles. The van der Waals surface area contributed by atoms with Crippen LogP contribution in [-0.4, -0.2) is 0 Å². The highest BCUT2D eigenvalue weighted by Crippen LogP contribution is 2.38. The SMILES string of the molecule is C=C(CCc1ccccc1)SC1=CC=C(c2ccc(C(C)C)cc2)C1. The van der Waals surface area contributed by atoms with Crippen LogP contribution in [0.25, 0.3) is 5.57 Å². The molecule has 0 spiro atoms. The maximum Gasteiger partial charge on any atom is 0.00438 e. The number of benzene rings is 2. The molecule has 128 valence electrons. The largest absolute Gasteiger partial charge is 0.0993 e. The molecule has 2 aromatic carbocycles. The molecule has 0 bridgehead atoms. The van der Waals surface area contributed by atoms with Gasteiger partial charge in [0.05, 0.1) is 0 Å². The van der Waals surface area contributed by atoms with E-state index in [2.05, 4.69) is 87.2 Å². The molecule has 0 aliphatic heterocycles. The average Bonchev–Trinajstić information content (AvgIpc) is 3.09. The van der Waals surface area contributed by atoms with Gasteiger partial charge in [0.25, 0.3) is 0 Å². The Morgan fingerprint density at radius 3 is 2.40 bits per heavy atom. The van der Waals surface area contributed by atoms with Crippen LogP contribution in [0.1, 0.15) is 49.3 Å². The number of hydrogen-bond acceptors (Lipinski definition) is 1. The summed E-state index contributed by atoms with van der Waals surface area (Å²) >= 11 is 1.85. The van der Waals surface area contributed by atoms with Gasteiger partial charge in [-0.3, -0.25) is 0 Å². The van der Waals surface area contributed by atoms with Crippen molar-refractivity contribution in [2.45, 2.75) is 39.0 Å². The van der Waals surface area contributed by atoms with E-state index in [-0.39, 0.29) is 0 Å². The highest BCUT2D eigenvalue weighted by atomic mass is 32.2. The standard InChI is InChI=1S/C24H26S/c1-18(2)21-11-13-22(14-12-21)23-15-16-24(17-23)25-19(3)9-10-20-7-5-4-6-8-20/h4-8,11-16,18H,3,9-10,17H2,1-2H3. The van der Waals surface area contributed by atoms with Gasteiger partial charge in [-0.05, 0) is 50.8 Å². The normalized spacial score (nSPS) is 13.7. The van der Waals surface area contributed by atoms with Gasteiger partial charge in [-0.2, -0.15) is 0 Å². The highest BCUT2D eigenvalue weighted by molar-refractivity contribution is 8.06. The molecular formula is C24H26S. The molecule has 0 heterocycles. The lowest BCUT2D eigenvalue weighted by Gasteiger charge is -2.10. The molecule has 3 rings (SSSR count). The van der Waals surface area contributed by atoms with Crippen LogP contribution in [0.4, 0.5) is 0 Å². The zero-order valence-corrected chi connectivity index (χ0v) is 16.0. The molecule has 1 heteroatoms. The zero-order valence-electron chi connectivity index (χ0n) is 15.2. The van der Waals surface area contributed by atoms with E-state index in [1.165, 1.54) is 32.1 Å². The van der Waals surface area contributed by atoms with Crippen molar-refractivity contribution in [2.75, 3.05) is 0 Å². The summed E-state index contributed by atoms with van der Waals surface area (Å²) in [5, 5.41) is 0. The lowest BCUT2D eigenvalue weighted by atomic mass is 9.98. The topological polar surface area (TPSA) is 0 Å². The van der Waals surface area contributed by atoms with Gasteiger partial charge in [-0.1, -0.05) is 98.9 Å². The maximum atomic E-state index is 4.26. The van der Waals surface area contributed by atoms with Gasteiger partial charge >= 0.3 is 0 Å². The first-order chi connectivity index (χ1) is 12.1. The second-order valence-electron chi connectivity index (χ2n) is 6.90. The minimum atomic E-state index is 0.587. The smallest absolute Gasteiger partial charge is 0.00438 e. The second kappa shape index (κ2) is 8.40. The lowest BCUT2D eigenvalue weighted by Crippen LogP contribution is -1.89. The first kappa shape index (κ1) is 17.8. The first-order valence-electron chi connectivity index (χ1n) is 9.01. The summed E-state index contributed by atoms with van der Waals surface area (Å²) in [6, 6.07) is 19.7. The quantitative estimate of drug-likeness (QED) is 0.504. The molecule has 0 fully saturated rings. The third kappa shape index (κ3) is 4.99.